The highest BCUT2D eigenvalue weighted by Gasteiger charge is 2.07. The van der Waals surface area contributed by atoms with Gasteiger partial charge in [0.25, 0.3) is 0 Å². The number of hydrogen-bond acceptors (Lipinski definition) is 3. The van der Waals surface area contributed by atoms with E-state index in [1.165, 1.54) is 10.5 Å². The summed E-state index contributed by atoms with van der Waals surface area (Å²) in [5.41, 5.74) is 1.20. The molecule has 0 heterocycles. The van der Waals surface area contributed by atoms with Gasteiger partial charge in [0.15, 0.2) is 16.6 Å². The number of thiocarbonyl (C=S) groups is 1. The fraction of sp³-hybridized carbons (Fsp3) is 0.562. The molecule has 0 unspecified atom stereocenters. The van der Waals surface area contributed by atoms with Crippen LogP contribution in [-0.2, 0) is 6.42 Å². The van der Waals surface area contributed by atoms with Gasteiger partial charge in [-0.2, -0.15) is 0 Å². The Morgan fingerprint density at radius 3 is 2.50 bits per heavy atom. The molecule has 0 amide bonds. The maximum atomic E-state index is 5.39. The van der Waals surface area contributed by atoms with Crippen LogP contribution in [0.5, 0.6) is 11.5 Å². The van der Waals surface area contributed by atoms with Gasteiger partial charge in [-0.05, 0) is 36.3 Å². The van der Waals surface area contributed by atoms with Gasteiger partial charge in [-0.25, -0.2) is 0 Å². The summed E-state index contributed by atoms with van der Waals surface area (Å²) in [5, 5.41) is 4.08. The highest BCUT2D eigenvalue weighted by Crippen LogP contribution is 2.27. The maximum absolute atomic E-state index is 5.39. The largest absolute Gasteiger partial charge is 0.493 e. The molecule has 0 bridgehead atoms. The second kappa shape index (κ2) is 9.48. The number of hydrogen-bond donors (Lipinski definition) is 2. The molecule has 0 aliphatic carbocycles. The molecule has 1 rings (SSSR count). The molecule has 1 aromatic rings. The van der Waals surface area contributed by atoms with Crippen molar-refractivity contribution in [2.24, 2.45) is 0 Å². The summed E-state index contributed by atoms with van der Waals surface area (Å²) in [6.07, 6.45) is 0.900. The van der Waals surface area contributed by atoms with Gasteiger partial charge in [0, 0.05) is 13.6 Å². The molecular formula is C16H28N3O2S+. The molecule has 0 saturated heterocycles. The molecule has 0 aromatic heterocycles. The van der Waals surface area contributed by atoms with Crippen LogP contribution in [0.3, 0.4) is 0 Å². The summed E-state index contributed by atoms with van der Waals surface area (Å²) in [5.74, 6) is 1.51. The van der Waals surface area contributed by atoms with Gasteiger partial charge in [0.1, 0.15) is 0 Å². The van der Waals surface area contributed by atoms with Crippen molar-refractivity contribution in [2.75, 3.05) is 55.0 Å². The number of rotatable bonds is 8. The fourth-order valence-corrected chi connectivity index (χ4v) is 2.18. The van der Waals surface area contributed by atoms with Gasteiger partial charge >= 0.3 is 0 Å². The molecule has 6 heteroatoms. The van der Waals surface area contributed by atoms with Crippen LogP contribution < -0.4 is 19.7 Å². The Hall–Kier alpha value is -1.53. The molecule has 0 radical (unpaired) electrons. The van der Waals surface area contributed by atoms with Crippen molar-refractivity contribution < 1.29 is 14.4 Å². The minimum Gasteiger partial charge on any atom is -0.493 e. The number of methoxy groups -OCH3 is 2. The van der Waals surface area contributed by atoms with Crippen molar-refractivity contribution in [3.05, 3.63) is 23.8 Å². The summed E-state index contributed by atoms with van der Waals surface area (Å²) in [4.78, 5) is 3.47. The van der Waals surface area contributed by atoms with Crippen LogP contribution >= 0.6 is 12.2 Å². The van der Waals surface area contributed by atoms with Gasteiger partial charge in [0.2, 0.25) is 0 Å². The molecule has 22 heavy (non-hydrogen) atoms. The topological polar surface area (TPSA) is 38.2 Å². The molecule has 5 nitrogen and oxygen atoms in total. The first-order valence-electron chi connectivity index (χ1n) is 7.46. The van der Waals surface area contributed by atoms with Crippen molar-refractivity contribution >= 4 is 17.3 Å². The highest BCUT2D eigenvalue weighted by atomic mass is 32.1. The normalized spacial score (nSPS) is 10.5. The number of likely N-dealkylation sites (N-methyl/N-ethyl adjacent to an activating group) is 2. The van der Waals surface area contributed by atoms with Gasteiger partial charge in [0.05, 0.1) is 41.4 Å². The van der Waals surface area contributed by atoms with Crippen molar-refractivity contribution in [2.45, 2.75) is 6.42 Å². The van der Waals surface area contributed by atoms with Gasteiger partial charge in [-0.3, -0.25) is 0 Å². The first-order valence-corrected chi connectivity index (χ1v) is 7.87. The lowest BCUT2D eigenvalue weighted by Crippen LogP contribution is -3.06. The Balaban J connectivity index is 2.46. The summed E-state index contributed by atoms with van der Waals surface area (Å²) in [6, 6.07) is 6.00. The smallest absolute Gasteiger partial charge is 0.168 e. The quantitative estimate of drug-likeness (QED) is 0.668. The summed E-state index contributed by atoms with van der Waals surface area (Å²) in [7, 11) is 9.57. The van der Waals surface area contributed by atoms with Crippen LogP contribution in [0, 0.1) is 0 Å². The van der Waals surface area contributed by atoms with E-state index in [0.29, 0.717) is 0 Å². The third-order valence-corrected chi connectivity index (χ3v) is 3.89. The molecule has 0 fully saturated rings. The zero-order chi connectivity index (χ0) is 16.5. The first-order chi connectivity index (χ1) is 10.5. The molecule has 0 aliphatic rings. The molecule has 0 saturated carbocycles. The van der Waals surface area contributed by atoms with Crippen molar-refractivity contribution in [3.8, 4) is 11.5 Å². The number of nitrogens with zero attached hydrogens (tertiary/aromatic N) is 1. The minimum atomic E-state index is 0.753. The van der Waals surface area contributed by atoms with E-state index in [0.717, 1.165) is 42.7 Å². The third-order valence-electron chi connectivity index (χ3n) is 3.43. The van der Waals surface area contributed by atoms with Crippen LogP contribution in [0.4, 0.5) is 0 Å². The lowest BCUT2D eigenvalue weighted by molar-refractivity contribution is -0.856. The van der Waals surface area contributed by atoms with Crippen molar-refractivity contribution in [3.63, 3.8) is 0 Å². The average Bonchev–Trinajstić information content (AvgIpc) is 2.51. The first kappa shape index (κ1) is 18.5. The van der Waals surface area contributed by atoms with E-state index >= 15 is 0 Å². The lowest BCUT2D eigenvalue weighted by Gasteiger charge is -2.21. The second-order valence-electron chi connectivity index (χ2n) is 5.55. The van der Waals surface area contributed by atoms with Crippen LogP contribution in [0.1, 0.15) is 5.56 Å². The molecule has 124 valence electrons. The summed E-state index contributed by atoms with van der Waals surface area (Å²) >= 11 is 5.39. The number of ether oxygens (including phenoxy) is 2. The number of nitrogens with one attached hydrogen (secondary N) is 2. The van der Waals surface area contributed by atoms with Crippen LogP contribution in [0.15, 0.2) is 18.2 Å². The summed E-state index contributed by atoms with van der Waals surface area (Å²) in [6.45, 7) is 2.79. The Morgan fingerprint density at radius 2 is 1.91 bits per heavy atom. The van der Waals surface area contributed by atoms with E-state index in [1.807, 2.05) is 19.2 Å². The van der Waals surface area contributed by atoms with Gasteiger partial charge in [-0.1, -0.05) is 6.07 Å². The monoisotopic (exact) mass is 326 g/mol. The Morgan fingerprint density at radius 1 is 1.23 bits per heavy atom. The number of benzene rings is 1. The minimum absolute atomic E-state index is 0.753. The predicted octanol–water partition coefficient (Wildman–Crippen LogP) is 0.197. The van der Waals surface area contributed by atoms with Crippen molar-refractivity contribution in [1.82, 2.24) is 10.2 Å². The van der Waals surface area contributed by atoms with Crippen LogP contribution in [0.25, 0.3) is 0 Å². The van der Waals surface area contributed by atoms with Gasteiger partial charge in [-0.15, -0.1) is 0 Å². The SMILES string of the molecule is COc1ccc(CCN(C)C(=S)NCC[NH+](C)C)cc1OC. The average molecular weight is 326 g/mol. The van der Waals surface area contributed by atoms with E-state index < -0.39 is 0 Å². The van der Waals surface area contributed by atoms with Crippen LogP contribution in [0.2, 0.25) is 0 Å². The number of quaternary nitrogens is 1. The molecule has 0 spiro atoms. The molecule has 0 atom stereocenters. The molecule has 0 aliphatic heterocycles. The van der Waals surface area contributed by atoms with E-state index in [2.05, 4.69) is 30.4 Å². The molecule has 1 aromatic carbocycles. The highest BCUT2D eigenvalue weighted by molar-refractivity contribution is 7.80. The molecular weight excluding hydrogens is 298 g/mol. The Kier molecular flexibility index (Phi) is 7.98. The third kappa shape index (κ3) is 6.07. The summed E-state index contributed by atoms with van der Waals surface area (Å²) < 4.78 is 10.6. The van der Waals surface area contributed by atoms with Gasteiger partial charge < -0.3 is 24.6 Å². The van der Waals surface area contributed by atoms with Crippen molar-refractivity contribution in [1.29, 1.82) is 0 Å². The molecule has 2 N–H and O–H groups in total. The van der Waals surface area contributed by atoms with Crippen LogP contribution in [-0.4, -0.2) is 65.0 Å². The van der Waals surface area contributed by atoms with E-state index in [9.17, 15) is 0 Å². The van der Waals surface area contributed by atoms with E-state index in [1.54, 1.807) is 14.2 Å². The predicted molar refractivity (Wildman–Crippen MR) is 94.2 cm³/mol. The Labute approximate surface area is 139 Å². The zero-order valence-electron chi connectivity index (χ0n) is 14.2. The Bertz CT molecular complexity index is 480. The standard InChI is InChI=1S/C16H27N3O2S/c1-18(2)11-9-17-16(22)19(3)10-8-13-6-7-14(20-4)15(12-13)21-5/h6-7,12H,8-11H2,1-5H3,(H,17,22)/p+1. The fourth-order valence-electron chi connectivity index (χ4n) is 1.99. The zero-order valence-corrected chi connectivity index (χ0v) is 15.0. The maximum Gasteiger partial charge on any atom is 0.168 e. The van der Waals surface area contributed by atoms with E-state index in [4.69, 9.17) is 21.7 Å². The lowest BCUT2D eigenvalue weighted by atomic mass is 10.1. The van der Waals surface area contributed by atoms with E-state index in [-0.39, 0.29) is 0 Å². The second-order valence-corrected chi connectivity index (χ2v) is 5.94.